The lowest BCUT2D eigenvalue weighted by atomic mass is 10.0. The van der Waals surface area contributed by atoms with Gasteiger partial charge in [-0.15, -0.1) is 0 Å². The summed E-state index contributed by atoms with van der Waals surface area (Å²) in [6.07, 6.45) is 0. The van der Waals surface area contributed by atoms with Crippen LogP contribution in [-0.2, 0) is 24.8 Å². The number of esters is 1. The molecule has 0 saturated heterocycles. The van der Waals surface area contributed by atoms with Crippen molar-refractivity contribution in [1.82, 2.24) is 0 Å². The molecular weight excluding hydrogens is 252 g/mol. The average molecular weight is 270 g/mol. The molecule has 0 aromatic heterocycles. The van der Waals surface area contributed by atoms with Crippen LogP contribution < -0.4 is 9.47 Å². The van der Waals surface area contributed by atoms with Gasteiger partial charge in [0.2, 0.25) is 0 Å². The highest BCUT2D eigenvalue weighted by atomic mass is 16.7. The number of rotatable bonds is 6. The SMILES string of the molecule is COC(=O)C(OC)(OC)c1ccc(OC)c(OC)c1. The van der Waals surface area contributed by atoms with Gasteiger partial charge in [-0.25, -0.2) is 4.79 Å². The first-order valence-electron chi connectivity index (χ1n) is 5.50. The molecule has 19 heavy (non-hydrogen) atoms. The maximum Gasteiger partial charge on any atom is 0.371 e. The van der Waals surface area contributed by atoms with Crippen molar-refractivity contribution < 1.29 is 28.5 Å². The largest absolute Gasteiger partial charge is 0.493 e. The molecule has 0 heterocycles. The quantitative estimate of drug-likeness (QED) is 0.574. The average Bonchev–Trinajstić information content (AvgIpc) is 2.48. The van der Waals surface area contributed by atoms with Gasteiger partial charge in [-0.1, -0.05) is 0 Å². The predicted octanol–water partition coefficient (Wildman–Crippen LogP) is 1.32. The van der Waals surface area contributed by atoms with Gasteiger partial charge in [0.25, 0.3) is 5.79 Å². The molecule has 1 aromatic rings. The molecule has 0 saturated carbocycles. The van der Waals surface area contributed by atoms with Gasteiger partial charge >= 0.3 is 5.97 Å². The van der Waals surface area contributed by atoms with Crippen LogP contribution >= 0.6 is 0 Å². The second-order valence-corrected chi connectivity index (χ2v) is 3.59. The van der Waals surface area contributed by atoms with E-state index in [1.54, 1.807) is 18.2 Å². The molecule has 1 aromatic carbocycles. The topological polar surface area (TPSA) is 63.2 Å². The van der Waals surface area contributed by atoms with Crippen molar-refractivity contribution in [3.63, 3.8) is 0 Å². The zero-order chi connectivity index (χ0) is 14.5. The fraction of sp³-hybridized carbons (Fsp3) is 0.462. The van der Waals surface area contributed by atoms with Crippen molar-refractivity contribution in [2.45, 2.75) is 5.79 Å². The van der Waals surface area contributed by atoms with Gasteiger partial charge in [0.05, 0.1) is 21.3 Å². The van der Waals surface area contributed by atoms with Crippen molar-refractivity contribution in [1.29, 1.82) is 0 Å². The van der Waals surface area contributed by atoms with Crippen LogP contribution in [0.25, 0.3) is 0 Å². The van der Waals surface area contributed by atoms with Gasteiger partial charge in [0.15, 0.2) is 11.5 Å². The Morgan fingerprint density at radius 2 is 1.53 bits per heavy atom. The molecule has 0 N–H and O–H groups in total. The molecule has 6 nitrogen and oxygen atoms in total. The Balaban J connectivity index is 3.35. The number of hydrogen-bond donors (Lipinski definition) is 0. The van der Waals surface area contributed by atoms with Crippen LogP contribution in [0.15, 0.2) is 18.2 Å². The number of benzene rings is 1. The van der Waals surface area contributed by atoms with Crippen LogP contribution in [0, 0.1) is 0 Å². The molecule has 6 heteroatoms. The summed E-state index contributed by atoms with van der Waals surface area (Å²) in [6, 6.07) is 4.90. The van der Waals surface area contributed by atoms with Gasteiger partial charge in [0.1, 0.15) is 0 Å². The Hall–Kier alpha value is -1.79. The van der Waals surface area contributed by atoms with Gasteiger partial charge in [-0.3, -0.25) is 0 Å². The standard InChI is InChI=1S/C13H18O6/c1-15-10-7-6-9(8-11(10)16-2)13(18-4,19-5)12(14)17-3/h6-8H,1-5H3. The fourth-order valence-electron chi connectivity index (χ4n) is 1.78. The van der Waals surface area contributed by atoms with Crippen LogP contribution in [0.5, 0.6) is 11.5 Å². The molecular formula is C13H18O6. The number of carbonyl (C=O) groups excluding carboxylic acids is 1. The molecule has 0 aliphatic heterocycles. The highest BCUT2D eigenvalue weighted by molar-refractivity contribution is 5.80. The van der Waals surface area contributed by atoms with E-state index < -0.39 is 11.8 Å². The first-order chi connectivity index (χ1) is 9.09. The van der Waals surface area contributed by atoms with Crippen molar-refractivity contribution in [2.75, 3.05) is 35.5 Å². The number of carbonyl (C=O) groups is 1. The van der Waals surface area contributed by atoms with Crippen LogP contribution in [0.4, 0.5) is 0 Å². The summed E-state index contributed by atoms with van der Waals surface area (Å²) in [5.41, 5.74) is 0.446. The van der Waals surface area contributed by atoms with E-state index in [-0.39, 0.29) is 0 Å². The zero-order valence-corrected chi connectivity index (χ0v) is 11.7. The van der Waals surface area contributed by atoms with Gasteiger partial charge in [-0.05, 0) is 18.2 Å². The van der Waals surface area contributed by atoms with Crippen LogP contribution in [0.1, 0.15) is 5.56 Å². The van der Waals surface area contributed by atoms with E-state index in [9.17, 15) is 4.79 Å². The monoisotopic (exact) mass is 270 g/mol. The maximum atomic E-state index is 11.9. The summed E-state index contributed by atoms with van der Waals surface area (Å²) in [4.78, 5) is 11.9. The first kappa shape index (κ1) is 15.3. The summed E-state index contributed by atoms with van der Waals surface area (Å²) < 4.78 is 25.5. The third-order valence-electron chi connectivity index (χ3n) is 2.79. The maximum absolute atomic E-state index is 11.9. The van der Waals surface area contributed by atoms with Crippen LogP contribution in [-0.4, -0.2) is 41.5 Å². The Labute approximate surface area is 112 Å². The lowest BCUT2D eigenvalue weighted by Crippen LogP contribution is -2.40. The van der Waals surface area contributed by atoms with Crippen molar-refractivity contribution >= 4 is 5.97 Å². The molecule has 0 spiro atoms. The number of ether oxygens (including phenoxy) is 5. The summed E-state index contributed by atoms with van der Waals surface area (Å²) in [5.74, 6) is -1.29. The van der Waals surface area contributed by atoms with Crippen molar-refractivity contribution in [2.24, 2.45) is 0 Å². The van der Waals surface area contributed by atoms with Crippen molar-refractivity contribution in [3.05, 3.63) is 23.8 Å². The van der Waals surface area contributed by atoms with Crippen LogP contribution in [0.2, 0.25) is 0 Å². The molecule has 0 fully saturated rings. The lowest BCUT2D eigenvalue weighted by molar-refractivity contribution is -0.233. The summed E-state index contributed by atoms with van der Waals surface area (Å²) in [6.45, 7) is 0. The van der Waals surface area contributed by atoms with Gasteiger partial charge in [-0.2, -0.15) is 0 Å². The van der Waals surface area contributed by atoms with E-state index in [0.29, 0.717) is 17.1 Å². The van der Waals surface area contributed by atoms with E-state index in [0.717, 1.165) is 0 Å². The van der Waals surface area contributed by atoms with Gasteiger partial charge < -0.3 is 23.7 Å². The van der Waals surface area contributed by atoms with E-state index >= 15 is 0 Å². The molecule has 0 bridgehead atoms. The molecule has 0 amide bonds. The van der Waals surface area contributed by atoms with E-state index in [4.69, 9.17) is 23.7 Å². The second-order valence-electron chi connectivity index (χ2n) is 3.59. The molecule has 0 aliphatic rings. The first-order valence-corrected chi connectivity index (χ1v) is 5.50. The third-order valence-corrected chi connectivity index (χ3v) is 2.79. The van der Waals surface area contributed by atoms with Crippen molar-refractivity contribution in [3.8, 4) is 11.5 Å². The Morgan fingerprint density at radius 3 is 1.95 bits per heavy atom. The molecule has 1 rings (SSSR count). The minimum absolute atomic E-state index is 0.446. The highest BCUT2D eigenvalue weighted by Crippen LogP contribution is 2.35. The fourth-order valence-corrected chi connectivity index (χ4v) is 1.78. The van der Waals surface area contributed by atoms with Crippen LogP contribution in [0.3, 0.4) is 0 Å². The second kappa shape index (κ2) is 6.40. The smallest absolute Gasteiger partial charge is 0.371 e. The third kappa shape index (κ3) is 2.64. The predicted molar refractivity (Wildman–Crippen MR) is 67.3 cm³/mol. The minimum Gasteiger partial charge on any atom is -0.493 e. The van der Waals surface area contributed by atoms with E-state index in [1.165, 1.54) is 35.5 Å². The molecule has 0 radical (unpaired) electrons. The number of methoxy groups -OCH3 is 5. The normalized spacial score (nSPS) is 11.0. The summed E-state index contributed by atoms with van der Waals surface area (Å²) >= 11 is 0. The summed E-state index contributed by atoms with van der Waals surface area (Å²) in [7, 11) is 7.00. The highest BCUT2D eigenvalue weighted by Gasteiger charge is 2.43. The molecule has 0 aliphatic carbocycles. The molecule has 106 valence electrons. The molecule has 0 unspecified atom stereocenters. The summed E-state index contributed by atoms with van der Waals surface area (Å²) in [5, 5.41) is 0. The van der Waals surface area contributed by atoms with E-state index in [1.807, 2.05) is 0 Å². The zero-order valence-electron chi connectivity index (χ0n) is 11.7. The Bertz CT molecular complexity index is 439. The Morgan fingerprint density at radius 1 is 0.947 bits per heavy atom. The molecule has 0 atom stereocenters. The lowest BCUT2D eigenvalue weighted by Gasteiger charge is -2.28. The Kier molecular flexibility index (Phi) is 5.14. The minimum atomic E-state index is -1.63. The van der Waals surface area contributed by atoms with E-state index in [2.05, 4.69) is 0 Å². The van der Waals surface area contributed by atoms with Gasteiger partial charge in [0, 0.05) is 19.8 Å². The number of hydrogen-bond acceptors (Lipinski definition) is 6.